The molecule has 2 N–H and O–H groups in total. The van der Waals surface area contributed by atoms with Crippen LogP contribution >= 0.6 is 11.8 Å². The molecule has 26 heavy (non-hydrogen) atoms. The number of alkyl halides is 2. The van der Waals surface area contributed by atoms with E-state index in [4.69, 9.17) is 0 Å². The van der Waals surface area contributed by atoms with Gasteiger partial charge in [0.1, 0.15) is 5.75 Å². The van der Waals surface area contributed by atoms with Crippen LogP contribution < -0.4 is 15.4 Å². The molecule has 0 saturated heterocycles. The van der Waals surface area contributed by atoms with Crippen molar-refractivity contribution in [3.05, 3.63) is 48.0 Å². The van der Waals surface area contributed by atoms with Crippen molar-refractivity contribution in [3.8, 4) is 5.75 Å². The fraction of sp³-hybridized carbons (Fsp3) is 0.222. The number of carbonyl (C=O) groups excluding carboxylic acids is 2. The zero-order valence-electron chi connectivity index (χ0n) is 13.6. The van der Waals surface area contributed by atoms with Gasteiger partial charge in [0.05, 0.1) is 11.4 Å². The lowest BCUT2D eigenvalue weighted by molar-refractivity contribution is -0.116. The summed E-state index contributed by atoms with van der Waals surface area (Å²) in [5.74, 6) is 0.236. The van der Waals surface area contributed by atoms with E-state index in [-0.39, 0.29) is 24.0 Å². The number of ether oxygens (including phenoxy) is 1. The molecule has 0 saturated carbocycles. The van der Waals surface area contributed by atoms with Gasteiger partial charge in [-0.1, -0.05) is 12.1 Å². The number of thioether (sulfide) groups is 1. The van der Waals surface area contributed by atoms with Gasteiger partial charge in [-0.05, 0) is 42.3 Å². The first-order chi connectivity index (χ1) is 12.5. The highest BCUT2D eigenvalue weighted by atomic mass is 32.2. The number of fused-ring (bicyclic) bond motifs is 1. The van der Waals surface area contributed by atoms with Crippen LogP contribution in [0.4, 0.5) is 20.2 Å². The van der Waals surface area contributed by atoms with Gasteiger partial charge < -0.3 is 15.4 Å². The summed E-state index contributed by atoms with van der Waals surface area (Å²) >= 11 is 1.45. The quantitative estimate of drug-likeness (QED) is 0.800. The maximum Gasteiger partial charge on any atom is 0.387 e. The molecule has 5 nitrogen and oxygen atoms in total. The fourth-order valence-corrected chi connectivity index (χ4v) is 3.27. The molecule has 1 heterocycles. The van der Waals surface area contributed by atoms with E-state index in [1.165, 1.54) is 23.9 Å². The van der Waals surface area contributed by atoms with Crippen molar-refractivity contribution >= 4 is 35.0 Å². The summed E-state index contributed by atoms with van der Waals surface area (Å²) in [5, 5.41) is 5.57. The van der Waals surface area contributed by atoms with Crippen LogP contribution in [0.15, 0.2) is 47.4 Å². The van der Waals surface area contributed by atoms with Crippen LogP contribution in [0.5, 0.6) is 5.75 Å². The highest BCUT2D eigenvalue weighted by Crippen LogP contribution is 2.33. The van der Waals surface area contributed by atoms with Crippen molar-refractivity contribution in [1.29, 1.82) is 0 Å². The summed E-state index contributed by atoms with van der Waals surface area (Å²) in [5.41, 5.74) is 2.15. The van der Waals surface area contributed by atoms with Crippen molar-refractivity contribution in [3.63, 3.8) is 0 Å². The minimum absolute atomic E-state index is 0.0646. The number of carbonyl (C=O) groups is 2. The number of amides is 2. The minimum Gasteiger partial charge on any atom is -0.435 e. The maximum absolute atomic E-state index is 12.1. The van der Waals surface area contributed by atoms with Crippen molar-refractivity contribution < 1.29 is 23.1 Å². The summed E-state index contributed by atoms with van der Waals surface area (Å²) < 4.78 is 28.5. The second kappa shape index (κ2) is 8.18. The lowest BCUT2D eigenvalue weighted by Gasteiger charge is -2.17. The van der Waals surface area contributed by atoms with Crippen LogP contribution in [0.3, 0.4) is 0 Å². The maximum atomic E-state index is 12.1. The van der Waals surface area contributed by atoms with Crippen LogP contribution in [0.2, 0.25) is 0 Å². The molecule has 0 atom stereocenters. The number of rotatable bonds is 6. The molecule has 0 radical (unpaired) electrons. The van der Waals surface area contributed by atoms with Gasteiger partial charge in [-0.25, -0.2) is 0 Å². The number of hydrogen-bond acceptors (Lipinski definition) is 4. The van der Waals surface area contributed by atoms with Gasteiger partial charge in [0.15, 0.2) is 0 Å². The van der Waals surface area contributed by atoms with E-state index in [0.29, 0.717) is 23.5 Å². The molecule has 1 aliphatic rings. The van der Waals surface area contributed by atoms with Crippen LogP contribution in [0.1, 0.15) is 12.0 Å². The van der Waals surface area contributed by atoms with E-state index in [0.717, 1.165) is 10.5 Å². The Balaban J connectivity index is 1.53. The predicted molar refractivity (Wildman–Crippen MR) is 95.8 cm³/mol. The Bertz CT molecular complexity index is 813. The molecule has 0 aromatic heterocycles. The monoisotopic (exact) mass is 378 g/mol. The summed E-state index contributed by atoms with van der Waals surface area (Å²) in [6.07, 6.45) is 0.714. The van der Waals surface area contributed by atoms with E-state index in [1.54, 1.807) is 24.3 Å². The molecule has 0 spiro atoms. The second-order valence-electron chi connectivity index (χ2n) is 5.62. The van der Waals surface area contributed by atoms with Crippen LogP contribution in [0.25, 0.3) is 0 Å². The minimum atomic E-state index is -2.86. The first-order valence-electron chi connectivity index (χ1n) is 7.90. The SMILES string of the molecule is O=C(CCc1ccc(OC(F)F)cc1)Nc1ccc2c(c1)NC(=O)CS2. The standard InChI is InChI=1S/C18H16F2N2O3S/c19-18(20)25-13-5-1-11(2-6-13)3-8-16(23)21-12-4-7-15-14(9-12)22-17(24)10-26-15/h1-2,4-7,9,18H,3,8,10H2,(H,21,23)(H,22,24). The molecule has 3 rings (SSSR count). The van der Waals surface area contributed by atoms with Gasteiger partial charge in [-0.15, -0.1) is 11.8 Å². The first kappa shape index (κ1) is 18.2. The normalized spacial score (nSPS) is 13.1. The zero-order chi connectivity index (χ0) is 18.5. The largest absolute Gasteiger partial charge is 0.435 e. The highest BCUT2D eigenvalue weighted by Gasteiger charge is 2.16. The third kappa shape index (κ3) is 4.95. The Kier molecular flexibility index (Phi) is 5.72. The summed E-state index contributed by atoms with van der Waals surface area (Å²) in [4.78, 5) is 24.5. The van der Waals surface area contributed by atoms with Crippen LogP contribution in [0, 0.1) is 0 Å². The zero-order valence-corrected chi connectivity index (χ0v) is 14.4. The Labute approximate surface area is 153 Å². The predicted octanol–water partition coefficient (Wildman–Crippen LogP) is 3.90. The number of hydrogen-bond donors (Lipinski definition) is 2. The summed E-state index contributed by atoms with van der Waals surface area (Å²) in [6.45, 7) is -2.86. The topological polar surface area (TPSA) is 67.4 Å². The lowest BCUT2D eigenvalue weighted by atomic mass is 10.1. The average Bonchev–Trinajstić information content (AvgIpc) is 2.60. The molecule has 2 aromatic rings. The first-order valence-corrected chi connectivity index (χ1v) is 8.88. The molecular formula is C18H16F2N2O3S. The molecule has 2 amide bonds. The van der Waals surface area contributed by atoms with E-state index in [2.05, 4.69) is 15.4 Å². The van der Waals surface area contributed by atoms with Gasteiger partial charge in [0.2, 0.25) is 11.8 Å². The molecule has 136 valence electrons. The van der Waals surface area contributed by atoms with Crippen LogP contribution in [-0.2, 0) is 16.0 Å². The van der Waals surface area contributed by atoms with Gasteiger partial charge >= 0.3 is 6.61 Å². The second-order valence-corrected chi connectivity index (χ2v) is 6.64. The molecular weight excluding hydrogens is 362 g/mol. The molecule has 0 aliphatic carbocycles. The van der Waals surface area contributed by atoms with E-state index in [1.807, 2.05) is 6.07 Å². The molecule has 2 aromatic carbocycles. The van der Waals surface area contributed by atoms with E-state index < -0.39 is 6.61 Å². The molecule has 8 heteroatoms. The third-order valence-corrected chi connectivity index (χ3v) is 4.76. The lowest BCUT2D eigenvalue weighted by Crippen LogP contribution is -2.19. The number of anilines is 2. The third-order valence-electron chi connectivity index (χ3n) is 3.69. The van der Waals surface area contributed by atoms with Gasteiger partial charge in [0, 0.05) is 17.0 Å². The summed E-state index contributed by atoms with van der Waals surface area (Å²) in [7, 11) is 0. The Hall–Kier alpha value is -2.61. The Morgan fingerprint density at radius 1 is 1.23 bits per heavy atom. The fourth-order valence-electron chi connectivity index (χ4n) is 2.48. The van der Waals surface area contributed by atoms with Gasteiger partial charge in [0.25, 0.3) is 0 Å². The smallest absolute Gasteiger partial charge is 0.387 e. The number of aryl methyl sites for hydroxylation is 1. The van der Waals surface area contributed by atoms with Crippen molar-refractivity contribution in [2.45, 2.75) is 24.3 Å². The highest BCUT2D eigenvalue weighted by molar-refractivity contribution is 8.00. The Morgan fingerprint density at radius 2 is 2.00 bits per heavy atom. The van der Waals surface area contributed by atoms with Crippen molar-refractivity contribution in [2.75, 3.05) is 16.4 Å². The number of benzene rings is 2. The van der Waals surface area contributed by atoms with Gasteiger partial charge in [-0.2, -0.15) is 8.78 Å². The van der Waals surface area contributed by atoms with Gasteiger partial charge in [-0.3, -0.25) is 9.59 Å². The van der Waals surface area contributed by atoms with E-state index in [9.17, 15) is 18.4 Å². The van der Waals surface area contributed by atoms with Crippen molar-refractivity contribution in [1.82, 2.24) is 0 Å². The van der Waals surface area contributed by atoms with Crippen molar-refractivity contribution in [2.24, 2.45) is 0 Å². The molecule has 1 aliphatic heterocycles. The molecule has 0 bridgehead atoms. The Morgan fingerprint density at radius 3 is 2.73 bits per heavy atom. The summed E-state index contributed by atoms with van der Waals surface area (Å²) in [6, 6.07) is 11.6. The number of nitrogens with one attached hydrogen (secondary N) is 2. The number of halogens is 2. The average molecular weight is 378 g/mol. The molecule has 0 fully saturated rings. The molecule has 0 unspecified atom stereocenters. The van der Waals surface area contributed by atoms with Crippen LogP contribution in [-0.4, -0.2) is 24.2 Å². The van der Waals surface area contributed by atoms with E-state index >= 15 is 0 Å².